The maximum Gasteiger partial charge on any atom is 0.0784 e. The highest BCUT2D eigenvalue weighted by Crippen LogP contribution is 2.08. The zero-order chi connectivity index (χ0) is 10.5. The molecular formula is C13H24O. The van der Waals surface area contributed by atoms with Gasteiger partial charge in [-0.1, -0.05) is 31.8 Å². The zero-order valence-electron chi connectivity index (χ0n) is 9.50. The fourth-order valence-corrected chi connectivity index (χ4v) is 1.42. The van der Waals surface area contributed by atoms with Gasteiger partial charge in [-0.25, -0.2) is 0 Å². The minimum absolute atomic E-state index is 1.15. The van der Waals surface area contributed by atoms with E-state index in [1.807, 2.05) is 6.08 Å². The molecule has 0 atom stereocenters. The Morgan fingerprint density at radius 2 is 1.50 bits per heavy atom. The molecule has 0 aliphatic heterocycles. The molecule has 0 aromatic carbocycles. The number of methoxy groups -OCH3 is 1. The van der Waals surface area contributed by atoms with Gasteiger partial charge in [0.05, 0.1) is 13.4 Å². The van der Waals surface area contributed by atoms with Crippen molar-refractivity contribution in [1.29, 1.82) is 0 Å². The van der Waals surface area contributed by atoms with Crippen LogP contribution in [-0.4, -0.2) is 7.11 Å². The van der Waals surface area contributed by atoms with Crippen molar-refractivity contribution in [2.45, 2.75) is 51.4 Å². The zero-order valence-corrected chi connectivity index (χ0v) is 9.50. The van der Waals surface area contributed by atoms with Crippen LogP contribution in [0.2, 0.25) is 0 Å². The summed E-state index contributed by atoms with van der Waals surface area (Å²) in [6, 6.07) is 0. The van der Waals surface area contributed by atoms with Gasteiger partial charge in [-0.3, -0.25) is 0 Å². The standard InChI is InChI=1S/C13H24O/c1-3-4-5-6-7-8-9-10-11-12-13-14-2/h3,12-13H,1,4-11H2,2H3. The van der Waals surface area contributed by atoms with Gasteiger partial charge in [-0.2, -0.15) is 0 Å². The first-order valence-electron chi connectivity index (χ1n) is 5.70. The lowest BCUT2D eigenvalue weighted by atomic mass is 10.1. The molecule has 0 bridgehead atoms. The summed E-state index contributed by atoms with van der Waals surface area (Å²) >= 11 is 0. The third kappa shape index (κ3) is 11.3. The molecule has 0 saturated heterocycles. The first-order valence-corrected chi connectivity index (χ1v) is 5.70. The summed E-state index contributed by atoms with van der Waals surface area (Å²) in [4.78, 5) is 0. The van der Waals surface area contributed by atoms with Gasteiger partial charge < -0.3 is 4.74 Å². The summed E-state index contributed by atoms with van der Waals surface area (Å²) in [5.41, 5.74) is 0. The molecule has 0 aromatic rings. The maximum atomic E-state index is 4.82. The lowest BCUT2D eigenvalue weighted by molar-refractivity contribution is 0.336. The predicted octanol–water partition coefficient (Wildman–Crippen LogP) is 4.45. The topological polar surface area (TPSA) is 9.23 Å². The summed E-state index contributed by atoms with van der Waals surface area (Å²) in [6.07, 6.45) is 16.3. The van der Waals surface area contributed by atoms with E-state index < -0.39 is 0 Å². The molecular weight excluding hydrogens is 172 g/mol. The number of unbranched alkanes of at least 4 members (excludes halogenated alkanes) is 7. The average Bonchev–Trinajstić information content (AvgIpc) is 2.21. The molecule has 0 saturated carbocycles. The van der Waals surface area contributed by atoms with E-state index in [4.69, 9.17) is 4.74 Å². The SMILES string of the molecule is C=CCCCCCCCCC=COC. The number of hydrogen-bond acceptors (Lipinski definition) is 1. The molecule has 1 heteroatoms. The molecule has 0 unspecified atom stereocenters. The van der Waals surface area contributed by atoms with E-state index in [1.54, 1.807) is 13.4 Å². The van der Waals surface area contributed by atoms with Crippen LogP contribution in [0.4, 0.5) is 0 Å². The van der Waals surface area contributed by atoms with E-state index in [9.17, 15) is 0 Å². The van der Waals surface area contributed by atoms with Crippen molar-refractivity contribution in [3.8, 4) is 0 Å². The first-order chi connectivity index (χ1) is 6.91. The van der Waals surface area contributed by atoms with Crippen molar-refractivity contribution in [3.63, 3.8) is 0 Å². The normalized spacial score (nSPS) is 10.6. The number of ether oxygens (including phenoxy) is 1. The van der Waals surface area contributed by atoms with Gasteiger partial charge in [-0.05, 0) is 31.8 Å². The molecule has 0 amide bonds. The summed E-state index contributed by atoms with van der Waals surface area (Å²) in [5.74, 6) is 0. The second-order valence-electron chi connectivity index (χ2n) is 3.59. The summed E-state index contributed by atoms with van der Waals surface area (Å²) in [6.45, 7) is 3.72. The summed E-state index contributed by atoms with van der Waals surface area (Å²) < 4.78 is 4.82. The van der Waals surface area contributed by atoms with Crippen molar-refractivity contribution in [3.05, 3.63) is 25.0 Å². The van der Waals surface area contributed by atoms with Gasteiger partial charge in [0.25, 0.3) is 0 Å². The van der Waals surface area contributed by atoms with Gasteiger partial charge in [0, 0.05) is 0 Å². The van der Waals surface area contributed by atoms with Gasteiger partial charge >= 0.3 is 0 Å². The highest BCUT2D eigenvalue weighted by Gasteiger charge is 1.89. The molecule has 14 heavy (non-hydrogen) atoms. The lowest BCUT2D eigenvalue weighted by Crippen LogP contribution is -1.79. The fraction of sp³-hybridized carbons (Fsp3) is 0.692. The molecule has 82 valence electrons. The molecule has 0 aliphatic rings. The third-order valence-electron chi connectivity index (χ3n) is 2.26. The van der Waals surface area contributed by atoms with E-state index >= 15 is 0 Å². The maximum absolute atomic E-state index is 4.82. The van der Waals surface area contributed by atoms with Crippen LogP contribution in [0.5, 0.6) is 0 Å². The molecule has 0 aromatic heterocycles. The van der Waals surface area contributed by atoms with Crippen molar-refractivity contribution >= 4 is 0 Å². The van der Waals surface area contributed by atoms with Crippen molar-refractivity contribution in [2.75, 3.05) is 7.11 Å². The Bertz CT molecular complexity index is 138. The van der Waals surface area contributed by atoms with Gasteiger partial charge in [-0.15, -0.1) is 6.58 Å². The fourth-order valence-electron chi connectivity index (χ4n) is 1.42. The smallest absolute Gasteiger partial charge is 0.0784 e. The van der Waals surface area contributed by atoms with Crippen molar-refractivity contribution in [2.24, 2.45) is 0 Å². The van der Waals surface area contributed by atoms with Gasteiger partial charge in [0.1, 0.15) is 0 Å². The molecule has 0 spiro atoms. The molecule has 0 rings (SSSR count). The van der Waals surface area contributed by atoms with Crippen LogP contribution >= 0.6 is 0 Å². The molecule has 0 fully saturated rings. The minimum Gasteiger partial charge on any atom is -0.505 e. The Hall–Kier alpha value is -0.720. The predicted molar refractivity (Wildman–Crippen MR) is 63.3 cm³/mol. The Morgan fingerprint density at radius 1 is 0.929 bits per heavy atom. The Morgan fingerprint density at radius 3 is 2.07 bits per heavy atom. The Labute approximate surface area is 88.9 Å². The van der Waals surface area contributed by atoms with Crippen LogP contribution in [0.15, 0.2) is 25.0 Å². The van der Waals surface area contributed by atoms with Gasteiger partial charge in [0.2, 0.25) is 0 Å². The second kappa shape index (κ2) is 12.3. The van der Waals surface area contributed by atoms with Crippen LogP contribution in [0, 0.1) is 0 Å². The van der Waals surface area contributed by atoms with E-state index in [-0.39, 0.29) is 0 Å². The Balaban J connectivity index is 2.91. The first kappa shape index (κ1) is 13.3. The lowest BCUT2D eigenvalue weighted by Gasteiger charge is -1.98. The van der Waals surface area contributed by atoms with E-state index in [0.29, 0.717) is 0 Å². The van der Waals surface area contributed by atoms with Crippen LogP contribution < -0.4 is 0 Å². The quantitative estimate of drug-likeness (QED) is 0.285. The monoisotopic (exact) mass is 196 g/mol. The number of allylic oxidation sites excluding steroid dienone is 2. The van der Waals surface area contributed by atoms with Crippen molar-refractivity contribution < 1.29 is 4.74 Å². The Kier molecular flexibility index (Phi) is 11.6. The largest absolute Gasteiger partial charge is 0.505 e. The molecule has 0 heterocycles. The summed E-state index contributed by atoms with van der Waals surface area (Å²) in [5, 5.41) is 0. The second-order valence-corrected chi connectivity index (χ2v) is 3.59. The molecule has 0 aliphatic carbocycles. The van der Waals surface area contributed by atoms with E-state index in [0.717, 1.165) is 6.42 Å². The van der Waals surface area contributed by atoms with Crippen LogP contribution in [-0.2, 0) is 4.74 Å². The molecule has 1 nitrogen and oxygen atoms in total. The van der Waals surface area contributed by atoms with Crippen molar-refractivity contribution in [1.82, 2.24) is 0 Å². The summed E-state index contributed by atoms with van der Waals surface area (Å²) in [7, 11) is 1.69. The third-order valence-corrected chi connectivity index (χ3v) is 2.26. The van der Waals surface area contributed by atoms with Crippen LogP contribution in [0.1, 0.15) is 51.4 Å². The molecule has 0 radical (unpaired) electrons. The van der Waals surface area contributed by atoms with E-state index in [1.165, 1.54) is 44.9 Å². The number of hydrogen-bond donors (Lipinski definition) is 0. The minimum atomic E-state index is 1.15. The van der Waals surface area contributed by atoms with E-state index in [2.05, 4.69) is 12.7 Å². The number of rotatable bonds is 10. The highest BCUT2D eigenvalue weighted by molar-refractivity contribution is 4.72. The van der Waals surface area contributed by atoms with Gasteiger partial charge in [0.15, 0.2) is 0 Å². The average molecular weight is 196 g/mol. The van der Waals surface area contributed by atoms with Crippen LogP contribution in [0.25, 0.3) is 0 Å². The molecule has 0 N–H and O–H groups in total. The van der Waals surface area contributed by atoms with Crippen LogP contribution in [0.3, 0.4) is 0 Å². The highest BCUT2D eigenvalue weighted by atomic mass is 16.5.